The number of hydrogen-bond donors (Lipinski definition) is 0. The fraction of sp³-hybridized carbons (Fsp3) is 0.182. The molecule has 2 aliphatic heterocycles. The second kappa shape index (κ2) is 2.89. The van der Waals surface area contributed by atoms with Crippen molar-refractivity contribution in [2.45, 2.75) is 10.3 Å². The molecule has 0 saturated heterocycles. The lowest BCUT2D eigenvalue weighted by Crippen LogP contribution is -2.37. The van der Waals surface area contributed by atoms with Crippen molar-refractivity contribution in [2.75, 3.05) is 11.4 Å². The van der Waals surface area contributed by atoms with E-state index in [1.165, 1.54) is 10.6 Å². The first-order valence-corrected chi connectivity index (χ1v) is 5.47. The first kappa shape index (κ1) is 8.12. The highest BCUT2D eigenvalue weighted by atomic mass is 32.2. The van der Waals surface area contributed by atoms with Gasteiger partial charge in [-0.05, 0) is 18.2 Å². The maximum Gasteiger partial charge on any atom is 0.188 e. The van der Waals surface area contributed by atoms with E-state index in [9.17, 15) is 4.79 Å². The minimum Gasteiger partial charge on any atom is -0.348 e. The Labute approximate surface area is 86.6 Å². The largest absolute Gasteiger partial charge is 0.348 e. The molecule has 0 fully saturated rings. The van der Waals surface area contributed by atoms with Crippen molar-refractivity contribution in [2.24, 2.45) is 0 Å². The van der Waals surface area contributed by atoms with Gasteiger partial charge in [-0.25, -0.2) is 0 Å². The molecule has 0 bridgehead atoms. The lowest BCUT2D eigenvalue weighted by Gasteiger charge is -2.26. The summed E-state index contributed by atoms with van der Waals surface area (Å²) >= 11 is 1.65. The average Bonchev–Trinajstić information content (AvgIpc) is 2.59. The number of benzene rings is 1. The highest BCUT2D eigenvalue weighted by Gasteiger charge is 2.34. The normalized spacial score (nSPS) is 23.6. The SMILES string of the molecule is O=C1C=CCN2c3ccccc3SC12. The average molecular weight is 203 g/mol. The van der Waals surface area contributed by atoms with E-state index in [2.05, 4.69) is 17.0 Å². The lowest BCUT2D eigenvalue weighted by molar-refractivity contribution is -0.114. The molecule has 1 aromatic carbocycles. The summed E-state index contributed by atoms with van der Waals surface area (Å²) in [5, 5.41) is -0.0163. The summed E-state index contributed by atoms with van der Waals surface area (Å²) in [5.41, 5.74) is 1.19. The molecule has 70 valence electrons. The monoisotopic (exact) mass is 203 g/mol. The third-order valence-corrected chi connectivity index (χ3v) is 3.83. The van der Waals surface area contributed by atoms with Crippen molar-refractivity contribution in [1.82, 2.24) is 0 Å². The summed E-state index contributed by atoms with van der Waals surface area (Å²) in [6, 6.07) is 8.19. The van der Waals surface area contributed by atoms with E-state index >= 15 is 0 Å². The Balaban J connectivity index is 2.09. The summed E-state index contributed by atoms with van der Waals surface area (Å²) < 4.78 is 0. The highest BCUT2D eigenvalue weighted by molar-refractivity contribution is 8.01. The van der Waals surface area contributed by atoms with E-state index in [1.807, 2.05) is 18.2 Å². The minimum atomic E-state index is -0.0163. The Hall–Kier alpha value is -1.22. The van der Waals surface area contributed by atoms with Crippen LogP contribution in [0.1, 0.15) is 0 Å². The molecular formula is C11H9NOS. The standard InChI is InChI=1S/C11H9NOS/c13-9-5-3-7-12-8-4-1-2-6-10(8)14-11(9)12/h1-6,11H,7H2. The van der Waals surface area contributed by atoms with Gasteiger partial charge in [0.05, 0.1) is 5.69 Å². The second-order valence-corrected chi connectivity index (χ2v) is 4.52. The molecule has 0 aromatic heterocycles. The zero-order valence-corrected chi connectivity index (χ0v) is 8.33. The van der Waals surface area contributed by atoms with Crippen LogP contribution < -0.4 is 4.90 Å². The van der Waals surface area contributed by atoms with E-state index in [1.54, 1.807) is 17.8 Å². The zero-order chi connectivity index (χ0) is 9.54. The van der Waals surface area contributed by atoms with Gasteiger partial charge in [-0.2, -0.15) is 0 Å². The van der Waals surface area contributed by atoms with Crippen molar-refractivity contribution >= 4 is 23.2 Å². The fourth-order valence-electron chi connectivity index (χ4n) is 1.87. The molecule has 0 radical (unpaired) electrons. The molecule has 0 aliphatic carbocycles. The molecule has 2 aliphatic rings. The van der Waals surface area contributed by atoms with Gasteiger partial charge in [0.15, 0.2) is 5.78 Å². The second-order valence-electron chi connectivity index (χ2n) is 3.40. The van der Waals surface area contributed by atoms with E-state index < -0.39 is 0 Å². The predicted molar refractivity (Wildman–Crippen MR) is 57.6 cm³/mol. The van der Waals surface area contributed by atoms with Crippen molar-refractivity contribution in [1.29, 1.82) is 0 Å². The van der Waals surface area contributed by atoms with Gasteiger partial charge >= 0.3 is 0 Å². The quantitative estimate of drug-likeness (QED) is 0.643. The maximum absolute atomic E-state index is 11.6. The van der Waals surface area contributed by atoms with Crippen molar-refractivity contribution < 1.29 is 4.79 Å². The van der Waals surface area contributed by atoms with Crippen LogP contribution in [0.25, 0.3) is 0 Å². The van der Waals surface area contributed by atoms with E-state index in [0.717, 1.165) is 6.54 Å². The van der Waals surface area contributed by atoms with E-state index in [4.69, 9.17) is 0 Å². The molecule has 14 heavy (non-hydrogen) atoms. The smallest absolute Gasteiger partial charge is 0.188 e. The summed E-state index contributed by atoms with van der Waals surface area (Å²) in [7, 11) is 0. The molecule has 3 heteroatoms. The molecule has 2 heterocycles. The highest BCUT2D eigenvalue weighted by Crippen LogP contribution is 2.44. The molecule has 0 saturated carbocycles. The number of carbonyl (C=O) groups is 1. The van der Waals surface area contributed by atoms with Crippen molar-refractivity contribution in [3.63, 3.8) is 0 Å². The number of fused-ring (bicyclic) bond motifs is 3. The summed E-state index contributed by atoms with van der Waals surface area (Å²) in [6.07, 6.45) is 3.63. The van der Waals surface area contributed by atoms with Gasteiger partial charge in [-0.15, -0.1) is 0 Å². The number of rotatable bonds is 0. The van der Waals surface area contributed by atoms with Crippen molar-refractivity contribution in [3.8, 4) is 0 Å². The zero-order valence-electron chi connectivity index (χ0n) is 7.51. The molecular weight excluding hydrogens is 194 g/mol. The van der Waals surface area contributed by atoms with Gasteiger partial charge < -0.3 is 4.90 Å². The Morgan fingerprint density at radius 3 is 3.14 bits per heavy atom. The number of ketones is 1. The first-order chi connectivity index (χ1) is 6.86. The van der Waals surface area contributed by atoms with Crippen LogP contribution in [0.5, 0.6) is 0 Å². The fourth-order valence-corrected chi connectivity index (χ4v) is 3.10. The summed E-state index contributed by atoms with van der Waals surface area (Å²) in [5.74, 6) is 0.206. The number of para-hydroxylation sites is 1. The Bertz CT molecular complexity index is 427. The van der Waals surface area contributed by atoms with E-state index in [-0.39, 0.29) is 11.2 Å². The molecule has 1 atom stereocenters. The molecule has 1 aromatic rings. The molecule has 0 amide bonds. The number of carbonyl (C=O) groups excluding carboxylic acids is 1. The minimum absolute atomic E-state index is 0.0163. The third kappa shape index (κ3) is 1.02. The van der Waals surface area contributed by atoms with E-state index in [0.29, 0.717) is 0 Å². The molecule has 0 N–H and O–H groups in total. The van der Waals surface area contributed by atoms with Crippen LogP contribution in [0.4, 0.5) is 5.69 Å². The van der Waals surface area contributed by atoms with Gasteiger partial charge in [0.25, 0.3) is 0 Å². The van der Waals surface area contributed by atoms with Crippen LogP contribution in [0.15, 0.2) is 41.3 Å². The van der Waals surface area contributed by atoms with Crippen LogP contribution >= 0.6 is 11.8 Å². The topological polar surface area (TPSA) is 20.3 Å². The number of nitrogens with zero attached hydrogens (tertiary/aromatic N) is 1. The Morgan fingerprint density at radius 1 is 1.36 bits per heavy atom. The number of thioether (sulfide) groups is 1. The van der Waals surface area contributed by atoms with Crippen LogP contribution in [-0.4, -0.2) is 17.7 Å². The third-order valence-electron chi connectivity index (χ3n) is 2.52. The molecule has 0 spiro atoms. The van der Waals surface area contributed by atoms with Crippen LogP contribution in [0.2, 0.25) is 0 Å². The number of anilines is 1. The van der Waals surface area contributed by atoms with Crippen LogP contribution in [0.3, 0.4) is 0 Å². The van der Waals surface area contributed by atoms with Crippen molar-refractivity contribution in [3.05, 3.63) is 36.4 Å². The van der Waals surface area contributed by atoms with Gasteiger partial charge in [0.2, 0.25) is 0 Å². The van der Waals surface area contributed by atoms with Gasteiger partial charge in [0, 0.05) is 11.4 Å². The van der Waals surface area contributed by atoms with Gasteiger partial charge in [-0.1, -0.05) is 30.0 Å². The summed E-state index contributed by atoms with van der Waals surface area (Å²) in [6.45, 7) is 0.848. The maximum atomic E-state index is 11.6. The van der Waals surface area contributed by atoms with Gasteiger partial charge in [-0.3, -0.25) is 4.79 Å². The molecule has 1 unspecified atom stereocenters. The number of hydrogen-bond acceptors (Lipinski definition) is 3. The van der Waals surface area contributed by atoms with Crippen LogP contribution in [0, 0.1) is 0 Å². The van der Waals surface area contributed by atoms with Crippen LogP contribution in [-0.2, 0) is 4.79 Å². The Morgan fingerprint density at radius 2 is 2.21 bits per heavy atom. The summed E-state index contributed by atoms with van der Waals surface area (Å²) in [4.78, 5) is 15.0. The first-order valence-electron chi connectivity index (χ1n) is 4.59. The Kier molecular flexibility index (Phi) is 1.67. The van der Waals surface area contributed by atoms with Gasteiger partial charge in [0.1, 0.15) is 5.37 Å². The lowest BCUT2D eigenvalue weighted by atomic mass is 10.2. The molecule has 2 nitrogen and oxygen atoms in total. The predicted octanol–water partition coefficient (Wildman–Crippen LogP) is 2.06. The molecule has 3 rings (SSSR count).